The largest absolute Gasteiger partial charge is 0.0937 e. The summed E-state index contributed by atoms with van der Waals surface area (Å²) in [5, 5.41) is 0. The molecule has 0 amide bonds. The van der Waals surface area contributed by atoms with E-state index in [4.69, 9.17) is 0 Å². The molecule has 0 nitrogen and oxygen atoms in total. The van der Waals surface area contributed by atoms with Crippen LogP contribution in [0.15, 0.2) is 30.3 Å². The normalized spacial score (nSPS) is 12.7. The Kier molecular flexibility index (Phi) is 1.50. The summed E-state index contributed by atoms with van der Waals surface area (Å²) in [5.41, 5.74) is 2.61. The van der Waals surface area contributed by atoms with Gasteiger partial charge in [-0.3, -0.25) is 0 Å². The highest BCUT2D eigenvalue weighted by molar-refractivity contribution is 5.58. The molecule has 1 aliphatic rings. The molecule has 11 heavy (non-hydrogen) atoms. The summed E-state index contributed by atoms with van der Waals surface area (Å²) >= 11 is 0. The Labute approximate surface area is 66.6 Å². The van der Waals surface area contributed by atoms with Gasteiger partial charge in [-0.1, -0.05) is 36.1 Å². The van der Waals surface area contributed by atoms with E-state index in [1.165, 1.54) is 11.1 Å². The molecule has 0 N–H and O–H groups in total. The van der Waals surface area contributed by atoms with Gasteiger partial charge < -0.3 is 0 Å². The Morgan fingerprint density at radius 2 is 2.09 bits per heavy atom. The first-order valence-electron chi connectivity index (χ1n) is 3.70. The maximum Gasteiger partial charge on any atom is 0.0349 e. The average Bonchev–Trinajstić information content (AvgIpc) is 2.28. The van der Waals surface area contributed by atoms with Crippen molar-refractivity contribution in [3.8, 4) is 11.8 Å². The van der Waals surface area contributed by atoms with E-state index < -0.39 is 0 Å². The fraction of sp³-hybridized carbons (Fsp3) is 0.0909. The monoisotopic (exact) mass is 140 g/mol. The topological polar surface area (TPSA) is 0 Å². The molecule has 0 heteroatoms. The lowest BCUT2D eigenvalue weighted by Gasteiger charge is -1.98. The van der Waals surface area contributed by atoms with Crippen LogP contribution in [0.1, 0.15) is 11.1 Å². The first-order chi connectivity index (χ1) is 5.47. The minimum Gasteiger partial charge on any atom is -0.0937 e. The van der Waals surface area contributed by atoms with Gasteiger partial charge in [0.1, 0.15) is 0 Å². The fourth-order valence-electron chi connectivity index (χ4n) is 1.19. The molecule has 0 atom stereocenters. The maximum absolute atomic E-state index is 3.07. The Morgan fingerprint density at radius 1 is 1.18 bits per heavy atom. The summed E-state index contributed by atoms with van der Waals surface area (Å²) in [5.74, 6) is 6.03. The van der Waals surface area contributed by atoms with Gasteiger partial charge in [0.15, 0.2) is 0 Å². The smallest absolute Gasteiger partial charge is 0.0349 e. The lowest BCUT2D eigenvalue weighted by Crippen LogP contribution is -1.83. The third-order valence-corrected chi connectivity index (χ3v) is 1.78. The van der Waals surface area contributed by atoms with E-state index >= 15 is 0 Å². The number of fused-ring (bicyclic) bond motifs is 1. The van der Waals surface area contributed by atoms with E-state index in [0.29, 0.717) is 0 Å². The van der Waals surface area contributed by atoms with E-state index in [1.807, 2.05) is 6.08 Å². The van der Waals surface area contributed by atoms with E-state index in [9.17, 15) is 0 Å². The molecular weight excluding hydrogens is 132 g/mol. The van der Waals surface area contributed by atoms with Crippen LogP contribution in [0.5, 0.6) is 0 Å². The van der Waals surface area contributed by atoms with Gasteiger partial charge in [0.05, 0.1) is 0 Å². The van der Waals surface area contributed by atoms with Crippen molar-refractivity contribution in [3.63, 3.8) is 0 Å². The average molecular weight is 140 g/mol. The van der Waals surface area contributed by atoms with Crippen LogP contribution < -0.4 is 0 Å². The Bertz CT molecular complexity index is 348. The van der Waals surface area contributed by atoms with Gasteiger partial charge in [-0.05, 0) is 23.3 Å². The van der Waals surface area contributed by atoms with Crippen molar-refractivity contribution in [3.05, 3.63) is 41.5 Å². The van der Waals surface area contributed by atoms with Crippen molar-refractivity contribution in [2.75, 3.05) is 0 Å². The summed E-state index contributed by atoms with van der Waals surface area (Å²) in [6, 6.07) is 8.34. The molecule has 0 aliphatic heterocycles. The maximum atomic E-state index is 3.07. The number of rotatable bonds is 0. The van der Waals surface area contributed by atoms with Crippen molar-refractivity contribution in [1.29, 1.82) is 0 Å². The van der Waals surface area contributed by atoms with E-state index in [0.717, 1.165) is 6.42 Å². The number of hydrogen-bond acceptors (Lipinski definition) is 0. The predicted octanol–water partition coefficient (Wildman–Crippen LogP) is 2.26. The van der Waals surface area contributed by atoms with Gasteiger partial charge in [-0.2, -0.15) is 0 Å². The summed E-state index contributed by atoms with van der Waals surface area (Å²) in [6.07, 6.45) is 4.85. The van der Waals surface area contributed by atoms with Crippen LogP contribution in [0.2, 0.25) is 0 Å². The van der Waals surface area contributed by atoms with Crippen molar-refractivity contribution < 1.29 is 0 Å². The molecule has 2 rings (SSSR count). The molecule has 0 bridgehead atoms. The van der Waals surface area contributed by atoms with Gasteiger partial charge in [0.25, 0.3) is 0 Å². The van der Waals surface area contributed by atoms with Crippen LogP contribution >= 0.6 is 0 Å². The van der Waals surface area contributed by atoms with Crippen molar-refractivity contribution in [1.82, 2.24) is 0 Å². The lowest BCUT2D eigenvalue weighted by atomic mass is 10.1. The third-order valence-electron chi connectivity index (χ3n) is 1.78. The highest BCUT2D eigenvalue weighted by Crippen LogP contribution is 2.12. The highest BCUT2D eigenvalue weighted by atomic mass is 14.0. The second kappa shape index (κ2) is 2.64. The molecule has 0 unspecified atom stereocenters. The molecular formula is C11H8. The zero-order chi connectivity index (χ0) is 7.52. The fourth-order valence-corrected chi connectivity index (χ4v) is 1.19. The zero-order valence-electron chi connectivity index (χ0n) is 6.17. The van der Waals surface area contributed by atoms with Crippen LogP contribution in [0, 0.1) is 11.8 Å². The Morgan fingerprint density at radius 3 is 3.09 bits per heavy atom. The highest BCUT2D eigenvalue weighted by Gasteiger charge is 1.96. The first kappa shape index (κ1) is 6.24. The van der Waals surface area contributed by atoms with Gasteiger partial charge in [0, 0.05) is 6.42 Å². The Balaban J connectivity index is 2.55. The molecule has 0 saturated carbocycles. The minimum absolute atomic E-state index is 0.878. The van der Waals surface area contributed by atoms with Gasteiger partial charge in [-0.25, -0.2) is 0 Å². The summed E-state index contributed by atoms with van der Waals surface area (Å²) in [6.45, 7) is 0. The van der Waals surface area contributed by atoms with Crippen molar-refractivity contribution in [2.24, 2.45) is 0 Å². The number of hydrogen-bond donors (Lipinski definition) is 0. The molecule has 0 aromatic heterocycles. The molecule has 1 aromatic rings. The van der Waals surface area contributed by atoms with E-state index in [1.54, 1.807) is 0 Å². The molecule has 0 spiro atoms. The van der Waals surface area contributed by atoms with Crippen molar-refractivity contribution >= 4 is 6.08 Å². The molecule has 0 radical (unpaired) electrons. The van der Waals surface area contributed by atoms with Gasteiger partial charge in [-0.15, -0.1) is 0 Å². The second-order valence-electron chi connectivity index (χ2n) is 2.53. The molecule has 0 saturated heterocycles. The SMILES string of the molecule is C1#CCc2ccccc2C=C1. The third kappa shape index (κ3) is 1.18. The van der Waals surface area contributed by atoms with Gasteiger partial charge in [0.2, 0.25) is 0 Å². The predicted molar refractivity (Wildman–Crippen MR) is 47.0 cm³/mol. The summed E-state index contributed by atoms with van der Waals surface area (Å²) in [4.78, 5) is 0. The van der Waals surface area contributed by atoms with E-state index in [2.05, 4.69) is 42.2 Å². The van der Waals surface area contributed by atoms with Crippen LogP contribution in [0.25, 0.3) is 6.08 Å². The van der Waals surface area contributed by atoms with E-state index in [-0.39, 0.29) is 0 Å². The molecule has 52 valence electrons. The second-order valence-corrected chi connectivity index (χ2v) is 2.53. The number of allylic oxidation sites excluding steroid dienone is 1. The minimum atomic E-state index is 0.878. The standard InChI is InChI=1S/C11H8/c1-2-6-10-8-4-5-9-11(10)7-3-1/h2,4-6,8-9H,7H2. The van der Waals surface area contributed by atoms with Gasteiger partial charge >= 0.3 is 0 Å². The van der Waals surface area contributed by atoms with Crippen LogP contribution in [-0.4, -0.2) is 0 Å². The summed E-state index contributed by atoms with van der Waals surface area (Å²) in [7, 11) is 0. The lowest BCUT2D eigenvalue weighted by molar-refractivity contribution is 1.31. The van der Waals surface area contributed by atoms with Crippen LogP contribution in [0.4, 0.5) is 0 Å². The summed E-state index contributed by atoms with van der Waals surface area (Å²) < 4.78 is 0. The van der Waals surface area contributed by atoms with Crippen LogP contribution in [0.3, 0.4) is 0 Å². The quantitative estimate of drug-likeness (QED) is 0.485. The van der Waals surface area contributed by atoms with Crippen molar-refractivity contribution in [2.45, 2.75) is 6.42 Å². The number of benzene rings is 1. The molecule has 0 fully saturated rings. The zero-order valence-corrected chi connectivity index (χ0v) is 6.17. The Hall–Kier alpha value is -1.48. The molecule has 1 aromatic carbocycles. The van der Waals surface area contributed by atoms with Crippen LogP contribution in [-0.2, 0) is 6.42 Å². The first-order valence-corrected chi connectivity index (χ1v) is 3.70. The molecule has 1 aliphatic carbocycles. The molecule has 0 heterocycles.